The molecular weight excluding hydrogens is 474 g/mol. The number of hydrogen-bond donors (Lipinski definition) is 2. The molecule has 6 heteroatoms. The van der Waals surface area contributed by atoms with Crippen molar-refractivity contribution in [2.75, 3.05) is 6.54 Å². The third kappa shape index (κ3) is 3.52. The van der Waals surface area contributed by atoms with Gasteiger partial charge in [-0.25, -0.2) is 4.79 Å². The molecule has 5 aliphatic carbocycles. The van der Waals surface area contributed by atoms with E-state index in [9.17, 15) is 19.6 Å². The normalized spacial score (nSPS) is 45.2. The Morgan fingerprint density at radius 1 is 1.05 bits per heavy atom. The first-order valence-corrected chi connectivity index (χ1v) is 14.7. The number of carbonyl (C=O) groups is 3. The first kappa shape index (κ1) is 27.2. The van der Waals surface area contributed by atoms with Crippen molar-refractivity contribution in [3.8, 4) is 6.07 Å². The second kappa shape index (κ2) is 8.54. The molecule has 0 heterocycles. The number of allylic oxidation sites excluding steroid dienone is 4. The minimum absolute atomic E-state index is 0.0614. The third-order valence-corrected chi connectivity index (χ3v) is 12.2. The Balaban J connectivity index is 1.64. The van der Waals surface area contributed by atoms with E-state index >= 15 is 0 Å². The lowest BCUT2D eigenvalue weighted by atomic mass is 9.36. The van der Waals surface area contributed by atoms with Crippen molar-refractivity contribution in [3.63, 3.8) is 0 Å². The van der Waals surface area contributed by atoms with Gasteiger partial charge in [-0.3, -0.25) is 9.59 Å². The van der Waals surface area contributed by atoms with Crippen molar-refractivity contribution < 1.29 is 14.4 Å². The topological polar surface area (TPSA) is 99.1 Å². The minimum Gasteiger partial charge on any atom is -0.338 e. The Morgan fingerprint density at radius 3 is 2.39 bits per heavy atom. The first-order chi connectivity index (χ1) is 17.7. The number of urea groups is 1. The van der Waals surface area contributed by atoms with Crippen LogP contribution in [0.3, 0.4) is 0 Å². The van der Waals surface area contributed by atoms with Gasteiger partial charge in [0.2, 0.25) is 0 Å². The molecule has 0 radical (unpaired) electrons. The molecule has 0 aliphatic heterocycles. The van der Waals surface area contributed by atoms with Gasteiger partial charge in [0.25, 0.3) is 0 Å². The van der Waals surface area contributed by atoms with Crippen LogP contribution in [0.5, 0.6) is 0 Å². The maximum atomic E-state index is 14.4. The van der Waals surface area contributed by atoms with E-state index in [1.807, 2.05) is 26.0 Å². The highest BCUT2D eigenvalue weighted by molar-refractivity contribution is 6.02. The van der Waals surface area contributed by atoms with Gasteiger partial charge in [-0.05, 0) is 86.0 Å². The number of amides is 2. The minimum atomic E-state index is -0.491. The number of fused-ring (bicyclic) bond motifs is 7. The lowest BCUT2D eigenvalue weighted by Gasteiger charge is -2.68. The largest absolute Gasteiger partial charge is 0.338 e. The van der Waals surface area contributed by atoms with Crippen LogP contribution in [0.4, 0.5) is 4.79 Å². The van der Waals surface area contributed by atoms with E-state index in [1.165, 1.54) is 0 Å². The van der Waals surface area contributed by atoms with Crippen LogP contribution in [0.25, 0.3) is 0 Å². The fourth-order valence-electron chi connectivity index (χ4n) is 9.90. The molecule has 0 bridgehead atoms. The molecule has 6 nitrogen and oxygen atoms in total. The molecule has 0 aromatic carbocycles. The summed E-state index contributed by atoms with van der Waals surface area (Å²) in [6.45, 7) is 15.9. The highest BCUT2D eigenvalue weighted by atomic mass is 16.2. The van der Waals surface area contributed by atoms with Crippen molar-refractivity contribution in [2.45, 2.75) is 99.0 Å². The van der Waals surface area contributed by atoms with Gasteiger partial charge in [-0.15, -0.1) is 0 Å². The van der Waals surface area contributed by atoms with Crippen molar-refractivity contribution in [1.29, 1.82) is 5.26 Å². The second-order valence-corrected chi connectivity index (χ2v) is 14.6. The van der Waals surface area contributed by atoms with Gasteiger partial charge in [0.05, 0.1) is 5.57 Å². The number of hydrogen-bond acceptors (Lipinski definition) is 4. The summed E-state index contributed by atoms with van der Waals surface area (Å²) in [5.41, 5.74) is 0.102. The molecule has 0 spiro atoms. The molecule has 0 saturated heterocycles. The first-order valence-electron chi connectivity index (χ1n) is 14.7. The Hall–Kier alpha value is -2.42. The monoisotopic (exact) mass is 519 g/mol. The molecule has 8 atom stereocenters. The lowest BCUT2D eigenvalue weighted by molar-refractivity contribution is -0.158. The highest BCUT2D eigenvalue weighted by Crippen LogP contribution is 2.72. The van der Waals surface area contributed by atoms with E-state index in [0.717, 1.165) is 50.5 Å². The number of nitrogens with one attached hydrogen (secondary N) is 2. The van der Waals surface area contributed by atoms with E-state index in [0.29, 0.717) is 6.54 Å². The smallest absolute Gasteiger partial charge is 0.315 e. The van der Waals surface area contributed by atoms with Crippen LogP contribution in [0, 0.1) is 56.7 Å². The van der Waals surface area contributed by atoms with E-state index in [2.05, 4.69) is 51.3 Å². The van der Waals surface area contributed by atoms with Crippen LogP contribution in [0.2, 0.25) is 0 Å². The molecule has 206 valence electrons. The number of Topliss-reactive ketones (excluding diaryl/α,β-unsaturated/α-hetero) is 1. The average molecular weight is 520 g/mol. The van der Waals surface area contributed by atoms with Crippen molar-refractivity contribution in [1.82, 2.24) is 10.6 Å². The molecule has 0 aromatic rings. The molecule has 2 N–H and O–H groups in total. The molecule has 0 aromatic heterocycles. The summed E-state index contributed by atoms with van der Waals surface area (Å²) in [6.07, 6.45) is 10.2. The number of nitriles is 1. The predicted molar refractivity (Wildman–Crippen MR) is 147 cm³/mol. The Bertz CT molecular complexity index is 1190. The van der Waals surface area contributed by atoms with Crippen LogP contribution in [0.1, 0.15) is 93.4 Å². The average Bonchev–Trinajstić information content (AvgIpc) is 2.84. The van der Waals surface area contributed by atoms with Crippen molar-refractivity contribution in [2.24, 2.45) is 45.3 Å². The number of nitrogens with zero attached hydrogens (tertiary/aromatic N) is 1. The predicted octanol–water partition coefficient (Wildman–Crippen LogP) is 5.89. The standard InChI is InChI=1S/C32H45N3O3/c1-8-34-27(38)35-32-13-11-28(3,4)17-22(32)25-23(36)15-24-29(5)16-20(18-33)26(37)19(2)21(29)9-10-30(24,6)31(25,7)12-14-32/h15-16,19,21-22,25H,8-14,17H2,1-7H3,(H2,34,35,38). The number of rotatable bonds is 2. The summed E-state index contributed by atoms with van der Waals surface area (Å²) in [4.78, 5) is 40.2. The van der Waals surface area contributed by atoms with Gasteiger partial charge in [0.15, 0.2) is 11.6 Å². The van der Waals surface area contributed by atoms with Gasteiger partial charge in [-0.2, -0.15) is 5.26 Å². The molecular formula is C32H45N3O3. The quantitative estimate of drug-likeness (QED) is 0.475. The second-order valence-electron chi connectivity index (χ2n) is 14.6. The van der Waals surface area contributed by atoms with Crippen LogP contribution in [-0.2, 0) is 9.59 Å². The summed E-state index contributed by atoms with van der Waals surface area (Å²) < 4.78 is 0. The molecule has 3 fully saturated rings. The summed E-state index contributed by atoms with van der Waals surface area (Å²) in [7, 11) is 0. The summed E-state index contributed by atoms with van der Waals surface area (Å²) in [6, 6.07) is 2.03. The van der Waals surface area contributed by atoms with Gasteiger partial charge in [0, 0.05) is 29.3 Å². The molecule has 5 rings (SSSR count). The van der Waals surface area contributed by atoms with Crippen molar-refractivity contribution >= 4 is 17.6 Å². The van der Waals surface area contributed by atoms with E-state index in [1.54, 1.807) is 0 Å². The summed E-state index contributed by atoms with van der Waals surface area (Å²) in [5, 5.41) is 16.1. The highest BCUT2D eigenvalue weighted by Gasteiger charge is 2.69. The van der Waals surface area contributed by atoms with Gasteiger partial charge in [0.1, 0.15) is 6.07 Å². The molecule has 3 saturated carbocycles. The Labute approximate surface area is 228 Å². The van der Waals surface area contributed by atoms with E-state index < -0.39 is 5.41 Å². The Morgan fingerprint density at radius 2 is 1.74 bits per heavy atom. The molecule has 38 heavy (non-hydrogen) atoms. The lowest BCUT2D eigenvalue weighted by Crippen LogP contribution is -2.70. The SMILES string of the molecule is CCNC(=O)NC12CCC(C)(C)CC1C1C(=O)C=C3C4(C)C=C(C#N)C(=O)C(C)C4CCC3(C)C1(C)CC2. The molecule has 2 amide bonds. The maximum Gasteiger partial charge on any atom is 0.315 e. The maximum absolute atomic E-state index is 14.4. The number of carbonyl (C=O) groups excluding carboxylic acids is 3. The molecule has 5 aliphatic rings. The molecule has 8 unspecified atom stereocenters. The van der Waals surface area contributed by atoms with Crippen LogP contribution in [0.15, 0.2) is 23.3 Å². The van der Waals surface area contributed by atoms with Crippen molar-refractivity contribution in [3.05, 3.63) is 23.3 Å². The van der Waals surface area contributed by atoms with E-state index in [4.69, 9.17) is 0 Å². The zero-order valence-corrected chi connectivity index (χ0v) is 24.3. The third-order valence-electron chi connectivity index (χ3n) is 12.2. The van der Waals surface area contributed by atoms with Crippen LogP contribution >= 0.6 is 0 Å². The van der Waals surface area contributed by atoms with Gasteiger partial charge >= 0.3 is 6.03 Å². The number of ketones is 2. The zero-order valence-electron chi connectivity index (χ0n) is 24.3. The van der Waals surface area contributed by atoms with Crippen LogP contribution < -0.4 is 10.6 Å². The Kier molecular flexibility index (Phi) is 6.10. The van der Waals surface area contributed by atoms with Crippen LogP contribution in [-0.4, -0.2) is 29.7 Å². The van der Waals surface area contributed by atoms with Gasteiger partial charge in [-0.1, -0.05) is 53.2 Å². The van der Waals surface area contributed by atoms with E-state index in [-0.39, 0.29) is 68.6 Å². The summed E-state index contributed by atoms with van der Waals surface area (Å²) in [5.74, 6) is -0.136. The van der Waals surface area contributed by atoms with Gasteiger partial charge < -0.3 is 10.6 Å². The zero-order chi connectivity index (χ0) is 27.9. The summed E-state index contributed by atoms with van der Waals surface area (Å²) >= 11 is 0. The fraction of sp³-hybridized carbons (Fsp3) is 0.750. The fourth-order valence-corrected chi connectivity index (χ4v) is 9.90.